The van der Waals surface area contributed by atoms with Gasteiger partial charge in [-0.1, -0.05) is 12.2 Å². The van der Waals surface area contributed by atoms with Gasteiger partial charge in [-0.15, -0.1) is 0 Å². The molecule has 1 aliphatic heterocycles. The number of carboxylic acid groups (broad SMARTS) is 1. The molecule has 0 saturated carbocycles. The molecule has 92 valence electrons. The minimum absolute atomic E-state index is 0.0530. The first kappa shape index (κ1) is 13.2. The number of thiocarbonyl (C=S) groups is 1. The van der Waals surface area contributed by atoms with Gasteiger partial charge in [0.25, 0.3) is 0 Å². The first-order valence-corrected chi connectivity index (χ1v) is 6.00. The number of nitrogens with zero attached hydrogens (tertiary/aromatic N) is 1. The Morgan fingerprint density at radius 1 is 1.50 bits per heavy atom. The summed E-state index contributed by atoms with van der Waals surface area (Å²) in [6.45, 7) is 7.31. The van der Waals surface area contributed by atoms with Gasteiger partial charge in [-0.3, -0.25) is 0 Å². The fourth-order valence-corrected chi connectivity index (χ4v) is 2.34. The molecule has 5 heteroatoms. The van der Waals surface area contributed by atoms with Crippen molar-refractivity contribution in [1.29, 1.82) is 0 Å². The number of nitrogens with one attached hydrogen (secondary N) is 1. The van der Waals surface area contributed by atoms with E-state index in [9.17, 15) is 4.79 Å². The van der Waals surface area contributed by atoms with Crippen LogP contribution in [0.1, 0.15) is 33.6 Å². The zero-order chi connectivity index (χ0) is 12.3. The van der Waals surface area contributed by atoms with Crippen LogP contribution in [-0.2, 0) is 0 Å². The summed E-state index contributed by atoms with van der Waals surface area (Å²) in [6.07, 6.45) is 1.03. The quantitative estimate of drug-likeness (QED) is 0.694. The van der Waals surface area contributed by atoms with Gasteiger partial charge in [-0.05, 0) is 33.6 Å². The molecule has 1 aliphatic rings. The van der Waals surface area contributed by atoms with E-state index in [4.69, 9.17) is 17.3 Å². The van der Waals surface area contributed by atoms with Crippen molar-refractivity contribution >= 4 is 23.3 Å². The van der Waals surface area contributed by atoms with Crippen LogP contribution in [0.2, 0.25) is 0 Å². The van der Waals surface area contributed by atoms with Crippen molar-refractivity contribution in [1.82, 2.24) is 10.2 Å². The Balaban J connectivity index is 2.54. The second-order valence-corrected chi connectivity index (χ2v) is 5.75. The molecule has 2 N–H and O–H groups in total. The van der Waals surface area contributed by atoms with E-state index in [1.54, 1.807) is 0 Å². The lowest BCUT2D eigenvalue weighted by Gasteiger charge is -2.33. The van der Waals surface area contributed by atoms with Gasteiger partial charge >= 0.3 is 6.09 Å². The first-order valence-electron chi connectivity index (χ1n) is 5.59. The van der Waals surface area contributed by atoms with E-state index < -0.39 is 6.09 Å². The third kappa shape index (κ3) is 3.96. The average Bonchev–Trinajstić information content (AvgIpc) is 2.15. The number of amides is 1. The topological polar surface area (TPSA) is 52.6 Å². The van der Waals surface area contributed by atoms with E-state index in [1.807, 2.05) is 0 Å². The first-order chi connectivity index (χ1) is 7.29. The molecule has 1 saturated heterocycles. The zero-order valence-electron chi connectivity index (χ0n) is 10.1. The standard InChI is InChI=1S/C11H20N2O2S/c1-11(2,3)12-9(16)8-5-4-6-13(7-8)10(14)15/h8H,4-7H2,1-3H3,(H,12,16)(H,14,15). The number of carbonyl (C=O) groups is 1. The minimum Gasteiger partial charge on any atom is -0.465 e. The van der Waals surface area contributed by atoms with Gasteiger partial charge in [-0.2, -0.15) is 0 Å². The molecule has 1 rings (SSSR count). The molecule has 0 spiro atoms. The van der Waals surface area contributed by atoms with Crippen molar-refractivity contribution in [3.8, 4) is 0 Å². The molecule has 0 aliphatic carbocycles. The van der Waals surface area contributed by atoms with Crippen LogP contribution >= 0.6 is 12.2 Å². The van der Waals surface area contributed by atoms with Gasteiger partial charge in [-0.25, -0.2) is 4.79 Å². The SMILES string of the molecule is CC(C)(C)NC(=S)C1CCCN(C(=O)O)C1. The zero-order valence-corrected chi connectivity index (χ0v) is 10.9. The van der Waals surface area contributed by atoms with Gasteiger partial charge < -0.3 is 15.3 Å². The minimum atomic E-state index is -0.844. The van der Waals surface area contributed by atoms with E-state index in [0.29, 0.717) is 13.1 Å². The van der Waals surface area contributed by atoms with E-state index >= 15 is 0 Å². The molecule has 0 aromatic rings. The van der Waals surface area contributed by atoms with Crippen molar-refractivity contribution in [2.75, 3.05) is 13.1 Å². The van der Waals surface area contributed by atoms with Crippen LogP contribution in [0, 0.1) is 5.92 Å². The molecule has 1 fully saturated rings. The monoisotopic (exact) mass is 244 g/mol. The molecule has 1 amide bonds. The van der Waals surface area contributed by atoms with E-state index in [1.165, 1.54) is 4.90 Å². The summed E-state index contributed by atoms with van der Waals surface area (Å²) >= 11 is 5.33. The number of rotatable bonds is 1. The lowest BCUT2D eigenvalue weighted by atomic mass is 9.96. The number of likely N-dealkylation sites (tertiary alicyclic amines) is 1. The summed E-state index contributed by atoms with van der Waals surface area (Å²) in [6, 6.07) is 0. The predicted molar refractivity (Wildman–Crippen MR) is 67.8 cm³/mol. The van der Waals surface area contributed by atoms with Crippen LogP contribution < -0.4 is 5.32 Å². The second-order valence-electron chi connectivity index (χ2n) is 5.31. The third-order valence-electron chi connectivity index (χ3n) is 2.56. The fourth-order valence-electron chi connectivity index (χ4n) is 1.84. The van der Waals surface area contributed by atoms with Crippen LogP contribution in [0.5, 0.6) is 0 Å². The Morgan fingerprint density at radius 2 is 2.12 bits per heavy atom. The fraction of sp³-hybridized carbons (Fsp3) is 0.818. The summed E-state index contributed by atoms with van der Waals surface area (Å²) in [5.74, 6) is 0.166. The summed E-state index contributed by atoms with van der Waals surface area (Å²) in [5.41, 5.74) is -0.0530. The molecule has 1 heterocycles. The maximum Gasteiger partial charge on any atom is 0.407 e. The lowest BCUT2D eigenvalue weighted by Crippen LogP contribution is -2.48. The third-order valence-corrected chi connectivity index (χ3v) is 3.00. The van der Waals surface area contributed by atoms with Crippen molar-refractivity contribution in [3.05, 3.63) is 0 Å². The highest BCUT2D eigenvalue weighted by Gasteiger charge is 2.27. The lowest BCUT2D eigenvalue weighted by molar-refractivity contribution is 0.129. The highest BCUT2D eigenvalue weighted by molar-refractivity contribution is 7.80. The van der Waals surface area contributed by atoms with E-state index in [-0.39, 0.29) is 11.5 Å². The Morgan fingerprint density at radius 3 is 2.62 bits per heavy atom. The van der Waals surface area contributed by atoms with Crippen molar-refractivity contribution < 1.29 is 9.90 Å². The molecule has 1 atom stereocenters. The molecular formula is C11H20N2O2S. The summed E-state index contributed by atoms with van der Waals surface area (Å²) < 4.78 is 0. The van der Waals surface area contributed by atoms with Crippen LogP contribution in [0.4, 0.5) is 4.79 Å². The van der Waals surface area contributed by atoms with E-state index in [0.717, 1.165) is 17.8 Å². The highest BCUT2D eigenvalue weighted by atomic mass is 32.1. The average molecular weight is 244 g/mol. The van der Waals surface area contributed by atoms with Crippen LogP contribution in [-0.4, -0.2) is 39.7 Å². The largest absolute Gasteiger partial charge is 0.465 e. The normalized spacial score (nSPS) is 21.7. The molecule has 0 aromatic carbocycles. The molecule has 16 heavy (non-hydrogen) atoms. The van der Waals surface area contributed by atoms with Gasteiger partial charge in [0.15, 0.2) is 0 Å². The Labute approximate surface area is 102 Å². The van der Waals surface area contributed by atoms with Crippen molar-refractivity contribution in [3.63, 3.8) is 0 Å². The van der Waals surface area contributed by atoms with Crippen molar-refractivity contribution in [2.24, 2.45) is 5.92 Å². The van der Waals surface area contributed by atoms with Crippen LogP contribution in [0.25, 0.3) is 0 Å². The maximum atomic E-state index is 10.9. The van der Waals surface area contributed by atoms with Gasteiger partial charge in [0.2, 0.25) is 0 Å². The van der Waals surface area contributed by atoms with E-state index in [2.05, 4.69) is 26.1 Å². The maximum absolute atomic E-state index is 10.9. The molecule has 0 radical (unpaired) electrons. The summed E-state index contributed by atoms with van der Waals surface area (Å²) in [4.78, 5) is 13.1. The number of hydrogen-bond donors (Lipinski definition) is 2. The molecular weight excluding hydrogens is 224 g/mol. The van der Waals surface area contributed by atoms with Crippen LogP contribution in [0.3, 0.4) is 0 Å². The predicted octanol–water partition coefficient (Wildman–Crippen LogP) is 2.09. The Kier molecular flexibility index (Phi) is 4.13. The smallest absolute Gasteiger partial charge is 0.407 e. The number of hydrogen-bond acceptors (Lipinski definition) is 2. The Hall–Kier alpha value is -0.840. The van der Waals surface area contributed by atoms with Gasteiger partial charge in [0.05, 0.1) is 4.99 Å². The Bertz CT molecular complexity index is 286. The van der Waals surface area contributed by atoms with Gasteiger partial charge in [0.1, 0.15) is 0 Å². The van der Waals surface area contributed by atoms with Crippen LogP contribution in [0.15, 0.2) is 0 Å². The molecule has 4 nitrogen and oxygen atoms in total. The molecule has 1 unspecified atom stereocenters. The second kappa shape index (κ2) is 4.99. The summed E-state index contributed by atoms with van der Waals surface area (Å²) in [7, 11) is 0. The number of piperidine rings is 1. The summed E-state index contributed by atoms with van der Waals surface area (Å²) in [5, 5.41) is 12.2. The van der Waals surface area contributed by atoms with Gasteiger partial charge in [0, 0.05) is 24.5 Å². The highest BCUT2D eigenvalue weighted by Crippen LogP contribution is 2.18. The molecule has 0 bridgehead atoms. The van der Waals surface area contributed by atoms with Crippen molar-refractivity contribution in [2.45, 2.75) is 39.2 Å². The molecule has 0 aromatic heterocycles.